The second-order valence-electron chi connectivity index (χ2n) is 6.89. The van der Waals surface area contributed by atoms with Crippen LogP contribution in [0.4, 0.5) is 4.39 Å². The van der Waals surface area contributed by atoms with Gasteiger partial charge in [0.2, 0.25) is 5.91 Å². The molecule has 2 N–H and O–H groups in total. The third-order valence-electron chi connectivity index (χ3n) is 4.84. The molecule has 0 unspecified atom stereocenters. The van der Waals surface area contributed by atoms with E-state index in [0.717, 1.165) is 18.5 Å². The summed E-state index contributed by atoms with van der Waals surface area (Å²) in [5, 5.41) is 12.2. The van der Waals surface area contributed by atoms with Crippen molar-refractivity contribution in [2.24, 2.45) is 5.92 Å². The molecule has 5 nitrogen and oxygen atoms in total. The molecule has 1 aliphatic rings. The molecule has 0 spiro atoms. The Labute approximate surface area is 157 Å². The summed E-state index contributed by atoms with van der Waals surface area (Å²) < 4.78 is 13.4. The molecule has 2 aromatic rings. The van der Waals surface area contributed by atoms with Crippen LogP contribution in [0.15, 0.2) is 54.6 Å². The lowest BCUT2D eigenvalue weighted by Gasteiger charge is -2.32. The highest BCUT2D eigenvalue weighted by atomic mass is 19.1. The predicted molar refractivity (Wildman–Crippen MR) is 99.4 cm³/mol. The molecule has 6 heteroatoms. The van der Waals surface area contributed by atoms with Crippen LogP contribution in [0.1, 0.15) is 30.0 Å². The Hall–Kier alpha value is -2.73. The van der Waals surface area contributed by atoms with Crippen LogP contribution in [0.2, 0.25) is 0 Å². The molecule has 142 valence electrons. The number of rotatable bonds is 6. The molecule has 0 aromatic heterocycles. The van der Waals surface area contributed by atoms with Crippen LogP contribution in [0.5, 0.6) is 0 Å². The molecule has 3 rings (SSSR count). The topological polar surface area (TPSA) is 69.6 Å². The molecule has 1 aliphatic heterocycles. The van der Waals surface area contributed by atoms with Gasteiger partial charge in [-0.25, -0.2) is 9.18 Å². The molecule has 1 saturated heterocycles. The fourth-order valence-corrected chi connectivity index (χ4v) is 3.50. The number of carbonyl (C=O) groups is 2. The van der Waals surface area contributed by atoms with Gasteiger partial charge >= 0.3 is 5.97 Å². The Balaban J connectivity index is 1.63. The zero-order chi connectivity index (χ0) is 19.2. The molecule has 0 aliphatic carbocycles. The summed E-state index contributed by atoms with van der Waals surface area (Å²) in [6, 6.07) is 14.1. The largest absolute Gasteiger partial charge is 0.479 e. The van der Waals surface area contributed by atoms with Gasteiger partial charge in [-0.1, -0.05) is 42.5 Å². The lowest BCUT2D eigenvalue weighted by Crippen LogP contribution is -2.45. The number of benzene rings is 2. The third kappa shape index (κ3) is 5.14. The summed E-state index contributed by atoms with van der Waals surface area (Å²) in [7, 11) is 0. The van der Waals surface area contributed by atoms with E-state index in [0.29, 0.717) is 25.1 Å². The predicted octanol–water partition coefficient (Wildman–Crippen LogP) is 2.98. The number of hydrogen-bond acceptors (Lipinski definition) is 3. The Morgan fingerprint density at radius 2 is 1.96 bits per heavy atom. The minimum absolute atomic E-state index is 0.254. The van der Waals surface area contributed by atoms with Gasteiger partial charge < -0.3 is 10.4 Å². The van der Waals surface area contributed by atoms with Crippen molar-refractivity contribution >= 4 is 11.9 Å². The van der Waals surface area contributed by atoms with E-state index in [2.05, 4.69) is 10.2 Å². The van der Waals surface area contributed by atoms with Crippen molar-refractivity contribution in [1.82, 2.24) is 10.2 Å². The van der Waals surface area contributed by atoms with Crippen molar-refractivity contribution in [3.8, 4) is 0 Å². The third-order valence-corrected chi connectivity index (χ3v) is 4.84. The smallest absolute Gasteiger partial charge is 0.330 e. The fourth-order valence-electron chi connectivity index (χ4n) is 3.50. The van der Waals surface area contributed by atoms with E-state index in [-0.39, 0.29) is 17.6 Å². The molecule has 1 fully saturated rings. The first kappa shape index (κ1) is 19.0. The van der Waals surface area contributed by atoms with Gasteiger partial charge in [0.15, 0.2) is 6.04 Å². The number of carboxylic acid groups (broad SMARTS) is 1. The van der Waals surface area contributed by atoms with Crippen molar-refractivity contribution in [2.45, 2.75) is 25.4 Å². The number of nitrogens with one attached hydrogen (secondary N) is 1. The van der Waals surface area contributed by atoms with E-state index < -0.39 is 12.0 Å². The van der Waals surface area contributed by atoms with Gasteiger partial charge in [0.1, 0.15) is 5.82 Å². The normalized spacial score (nSPS) is 18.6. The number of piperidine rings is 1. The summed E-state index contributed by atoms with van der Waals surface area (Å²) in [6.07, 6.45) is 1.56. The average molecular weight is 370 g/mol. The second kappa shape index (κ2) is 8.77. The molecule has 2 aromatic carbocycles. The molecule has 0 radical (unpaired) electrons. The Morgan fingerprint density at radius 1 is 1.19 bits per heavy atom. The zero-order valence-electron chi connectivity index (χ0n) is 15.0. The fraction of sp³-hybridized carbons (Fsp3) is 0.333. The van der Waals surface area contributed by atoms with Crippen LogP contribution >= 0.6 is 0 Å². The number of carbonyl (C=O) groups excluding carboxylic acids is 1. The molecular formula is C21H23FN2O3. The number of hydrogen-bond donors (Lipinski definition) is 2. The van der Waals surface area contributed by atoms with E-state index in [4.69, 9.17) is 0 Å². The molecule has 0 saturated carbocycles. The van der Waals surface area contributed by atoms with Gasteiger partial charge in [0.05, 0.1) is 5.92 Å². The first-order chi connectivity index (χ1) is 13.0. The molecule has 1 heterocycles. The number of likely N-dealkylation sites (tertiary alicyclic amines) is 1. The first-order valence-corrected chi connectivity index (χ1v) is 9.08. The van der Waals surface area contributed by atoms with E-state index >= 15 is 0 Å². The Kier molecular flexibility index (Phi) is 6.19. The van der Waals surface area contributed by atoms with Gasteiger partial charge in [0.25, 0.3) is 0 Å². The van der Waals surface area contributed by atoms with Gasteiger partial charge in [-0.2, -0.15) is 0 Å². The summed E-state index contributed by atoms with van der Waals surface area (Å²) in [5.74, 6) is -1.89. The molecule has 27 heavy (non-hydrogen) atoms. The SMILES string of the molecule is O=C(N[C@H](C(=O)O)c1ccccc1)[C@@H]1CCCN(Cc2cccc(F)c2)C1. The van der Waals surface area contributed by atoms with Crippen LogP contribution in [-0.4, -0.2) is 35.0 Å². The average Bonchev–Trinajstić information content (AvgIpc) is 2.66. The minimum Gasteiger partial charge on any atom is -0.479 e. The lowest BCUT2D eigenvalue weighted by molar-refractivity contribution is -0.143. The number of aliphatic carboxylic acids is 1. The van der Waals surface area contributed by atoms with E-state index in [1.165, 1.54) is 12.1 Å². The standard InChI is InChI=1S/C21H23FN2O3/c22-18-10-4-6-15(12-18)13-24-11-5-9-17(14-24)20(25)23-19(21(26)27)16-7-2-1-3-8-16/h1-4,6-8,10,12,17,19H,5,9,11,13-14H2,(H,23,25)(H,26,27)/t17-,19+/m1/s1. The van der Waals surface area contributed by atoms with Crippen molar-refractivity contribution in [2.75, 3.05) is 13.1 Å². The number of amides is 1. The van der Waals surface area contributed by atoms with E-state index in [1.54, 1.807) is 36.4 Å². The van der Waals surface area contributed by atoms with E-state index in [9.17, 15) is 19.1 Å². The van der Waals surface area contributed by atoms with Gasteiger partial charge in [-0.3, -0.25) is 9.69 Å². The highest BCUT2D eigenvalue weighted by Gasteiger charge is 2.29. The Bertz CT molecular complexity index is 797. The van der Waals surface area contributed by atoms with Crippen LogP contribution < -0.4 is 5.32 Å². The van der Waals surface area contributed by atoms with Crippen molar-refractivity contribution in [1.29, 1.82) is 0 Å². The Morgan fingerprint density at radius 3 is 2.67 bits per heavy atom. The number of nitrogens with zero attached hydrogens (tertiary/aromatic N) is 1. The maximum Gasteiger partial charge on any atom is 0.330 e. The number of halogens is 1. The molecule has 2 atom stereocenters. The van der Waals surface area contributed by atoms with Crippen molar-refractivity contribution in [3.05, 3.63) is 71.5 Å². The molecule has 0 bridgehead atoms. The van der Waals surface area contributed by atoms with Crippen LogP contribution in [0.25, 0.3) is 0 Å². The highest BCUT2D eigenvalue weighted by molar-refractivity contribution is 5.86. The van der Waals surface area contributed by atoms with Crippen LogP contribution in [0.3, 0.4) is 0 Å². The van der Waals surface area contributed by atoms with Crippen molar-refractivity contribution < 1.29 is 19.1 Å². The summed E-state index contributed by atoms with van der Waals surface area (Å²) in [5.41, 5.74) is 1.41. The molecular weight excluding hydrogens is 347 g/mol. The van der Waals surface area contributed by atoms with Crippen LogP contribution in [-0.2, 0) is 16.1 Å². The second-order valence-corrected chi connectivity index (χ2v) is 6.89. The summed E-state index contributed by atoms with van der Waals surface area (Å²) in [4.78, 5) is 26.4. The maximum absolute atomic E-state index is 13.4. The van der Waals surface area contributed by atoms with Gasteiger partial charge in [0, 0.05) is 13.1 Å². The lowest BCUT2D eigenvalue weighted by atomic mass is 9.95. The van der Waals surface area contributed by atoms with E-state index in [1.807, 2.05) is 6.07 Å². The van der Waals surface area contributed by atoms with Crippen LogP contribution in [0, 0.1) is 11.7 Å². The van der Waals surface area contributed by atoms with Gasteiger partial charge in [-0.05, 0) is 42.6 Å². The maximum atomic E-state index is 13.4. The van der Waals surface area contributed by atoms with Crippen molar-refractivity contribution in [3.63, 3.8) is 0 Å². The first-order valence-electron chi connectivity index (χ1n) is 9.08. The highest BCUT2D eigenvalue weighted by Crippen LogP contribution is 2.21. The molecule has 1 amide bonds. The quantitative estimate of drug-likeness (QED) is 0.820. The van der Waals surface area contributed by atoms with Gasteiger partial charge in [-0.15, -0.1) is 0 Å². The monoisotopic (exact) mass is 370 g/mol. The number of carboxylic acids is 1. The zero-order valence-corrected chi connectivity index (χ0v) is 15.0. The summed E-state index contributed by atoms with van der Waals surface area (Å²) in [6.45, 7) is 1.94. The summed E-state index contributed by atoms with van der Waals surface area (Å²) >= 11 is 0. The minimum atomic E-state index is -1.08.